The lowest BCUT2D eigenvalue weighted by molar-refractivity contribution is -0.0580. The average Bonchev–Trinajstić information content (AvgIpc) is 2.71. The number of hydrogen-bond acceptors (Lipinski definition) is 3. The van der Waals surface area contributed by atoms with Gasteiger partial charge in [0, 0.05) is 18.7 Å². The maximum Gasteiger partial charge on any atom is 0.125 e. The Labute approximate surface area is 89.3 Å². The number of methoxy groups -OCH3 is 1. The van der Waals surface area contributed by atoms with Gasteiger partial charge in [-0.15, -0.1) is 11.3 Å². The summed E-state index contributed by atoms with van der Waals surface area (Å²) in [5.74, 6) is 0.757. The molecule has 1 aliphatic rings. The van der Waals surface area contributed by atoms with Gasteiger partial charge in [0.05, 0.1) is 0 Å². The number of rotatable bonds is 2. The molecule has 0 bridgehead atoms. The van der Waals surface area contributed by atoms with Crippen LogP contribution in [0.5, 0.6) is 0 Å². The highest BCUT2D eigenvalue weighted by Crippen LogP contribution is 2.42. The molecule has 1 aliphatic carbocycles. The van der Waals surface area contributed by atoms with Crippen LogP contribution in [0.4, 0.5) is 0 Å². The van der Waals surface area contributed by atoms with Gasteiger partial charge < -0.3 is 4.74 Å². The van der Waals surface area contributed by atoms with E-state index in [1.807, 2.05) is 18.7 Å². The van der Waals surface area contributed by atoms with Gasteiger partial charge in [-0.05, 0) is 25.2 Å². The van der Waals surface area contributed by atoms with Crippen LogP contribution in [0.15, 0.2) is 11.6 Å². The highest BCUT2D eigenvalue weighted by molar-refractivity contribution is 7.09. The van der Waals surface area contributed by atoms with Crippen molar-refractivity contribution in [3.8, 4) is 0 Å². The summed E-state index contributed by atoms with van der Waals surface area (Å²) in [7, 11) is 1.82. The highest BCUT2D eigenvalue weighted by atomic mass is 32.1. The summed E-state index contributed by atoms with van der Waals surface area (Å²) in [6.07, 6.45) is 6.71. The molecular formula is C11H17NOS. The molecule has 3 heteroatoms. The van der Waals surface area contributed by atoms with Gasteiger partial charge >= 0.3 is 0 Å². The van der Waals surface area contributed by atoms with E-state index in [1.165, 1.54) is 12.8 Å². The van der Waals surface area contributed by atoms with Gasteiger partial charge in [-0.3, -0.25) is 0 Å². The van der Waals surface area contributed by atoms with Crippen LogP contribution in [0, 0.1) is 5.92 Å². The van der Waals surface area contributed by atoms with Crippen molar-refractivity contribution in [3.05, 3.63) is 16.6 Å². The minimum absolute atomic E-state index is 0.0775. The van der Waals surface area contributed by atoms with E-state index in [2.05, 4.69) is 11.9 Å². The van der Waals surface area contributed by atoms with Gasteiger partial charge in [-0.25, -0.2) is 4.98 Å². The lowest BCUT2D eigenvalue weighted by Gasteiger charge is -2.37. The van der Waals surface area contributed by atoms with Crippen molar-refractivity contribution in [1.29, 1.82) is 0 Å². The van der Waals surface area contributed by atoms with Crippen molar-refractivity contribution in [3.63, 3.8) is 0 Å². The van der Waals surface area contributed by atoms with E-state index >= 15 is 0 Å². The fourth-order valence-corrected chi connectivity index (χ4v) is 3.27. The maximum atomic E-state index is 5.74. The molecule has 1 heterocycles. The quantitative estimate of drug-likeness (QED) is 0.749. The van der Waals surface area contributed by atoms with Crippen molar-refractivity contribution < 1.29 is 4.74 Å². The minimum atomic E-state index is -0.0775. The second-order valence-electron chi connectivity index (χ2n) is 4.24. The summed E-state index contributed by atoms with van der Waals surface area (Å²) in [6, 6.07) is 0. The van der Waals surface area contributed by atoms with Crippen LogP contribution in [0.2, 0.25) is 0 Å². The summed E-state index contributed by atoms with van der Waals surface area (Å²) in [6.45, 7) is 2.31. The molecule has 0 saturated heterocycles. The van der Waals surface area contributed by atoms with Gasteiger partial charge in [0.15, 0.2) is 0 Å². The van der Waals surface area contributed by atoms with Crippen LogP contribution in [0.3, 0.4) is 0 Å². The Balaban J connectivity index is 2.25. The Morgan fingerprint density at radius 2 is 2.50 bits per heavy atom. The monoisotopic (exact) mass is 211 g/mol. The maximum absolute atomic E-state index is 5.74. The summed E-state index contributed by atoms with van der Waals surface area (Å²) in [5.41, 5.74) is -0.0775. The third kappa shape index (κ3) is 1.71. The fourth-order valence-electron chi connectivity index (χ4n) is 2.42. The molecule has 0 N–H and O–H groups in total. The molecule has 2 unspecified atom stereocenters. The Kier molecular flexibility index (Phi) is 2.88. The normalized spacial score (nSPS) is 33.1. The van der Waals surface area contributed by atoms with E-state index in [0.29, 0.717) is 0 Å². The SMILES string of the molecule is COC1(c2nccs2)CCCC(C)C1. The Morgan fingerprint density at radius 3 is 3.07 bits per heavy atom. The number of nitrogens with zero attached hydrogens (tertiary/aromatic N) is 1. The Morgan fingerprint density at radius 1 is 1.64 bits per heavy atom. The van der Waals surface area contributed by atoms with Crippen molar-refractivity contribution >= 4 is 11.3 Å². The minimum Gasteiger partial charge on any atom is -0.371 e. The molecule has 0 radical (unpaired) electrons. The molecule has 1 fully saturated rings. The highest BCUT2D eigenvalue weighted by Gasteiger charge is 2.38. The van der Waals surface area contributed by atoms with Crippen LogP contribution in [-0.2, 0) is 10.3 Å². The second-order valence-corrected chi connectivity index (χ2v) is 5.13. The van der Waals surface area contributed by atoms with Crippen molar-refractivity contribution in [2.75, 3.05) is 7.11 Å². The van der Waals surface area contributed by atoms with Gasteiger partial charge in [0.1, 0.15) is 10.6 Å². The van der Waals surface area contributed by atoms with Crippen LogP contribution in [0.1, 0.15) is 37.6 Å². The van der Waals surface area contributed by atoms with Crippen molar-refractivity contribution in [2.45, 2.75) is 38.2 Å². The third-order valence-electron chi connectivity index (χ3n) is 3.17. The number of hydrogen-bond donors (Lipinski definition) is 0. The van der Waals surface area contributed by atoms with Gasteiger partial charge in [0.2, 0.25) is 0 Å². The van der Waals surface area contributed by atoms with E-state index < -0.39 is 0 Å². The van der Waals surface area contributed by atoms with Crippen molar-refractivity contribution in [1.82, 2.24) is 4.98 Å². The molecule has 2 nitrogen and oxygen atoms in total. The summed E-state index contributed by atoms with van der Waals surface area (Å²) < 4.78 is 5.74. The lowest BCUT2D eigenvalue weighted by atomic mass is 9.79. The predicted molar refractivity (Wildman–Crippen MR) is 58.4 cm³/mol. The first-order valence-corrected chi connectivity index (χ1v) is 6.10. The number of thiazole rings is 1. The first kappa shape index (κ1) is 10.1. The molecule has 2 atom stereocenters. The molecule has 2 rings (SSSR count). The molecular weight excluding hydrogens is 194 g/mol. The van der Waals surface area contributed by atoms with Gasteiger partial charge in [0.25, 0.3) is 0 Å². The zero-order valence-corrected chi connectivity index (χ0v) is 9.64. The van der Waals surface area contributed by atoms with E-state index in [-0.39, 0.29) is 5.60 Å². The zero-order valence-electron chi connectivity index (χ0n) is 8.82. The summed E-state index contributed by atoms with van der Waals surface area (Å²) >= 11 is 1.72. The zero-order chi connectivity index (χ0) is 10.0. The smallest absolute Gasteiger partial charge is 0.125 e. The van der Waals surface area contributed by atoms with E-state index in [1.54, 1.807) is 11.3 Å². The van der Waals surface area contributed by atoms with E-state index in [9.17, 15) is 0 Å². The first-order chi connectivity index (χ1) is 6.77. The van der Waals surface area contributed by atoms with Gasteiger partial charge in [-0.2, -0.15) is 0 Å². The lowest BCUT2D eigenvalue weighted by Crippen LogP contribution is -2.33. The molecule has 1 saturated carbocycles. The first-order valence-electron chi connectivity index (χ1n) is 5.22. The molecule has 0 aromatic carbocycles. The predicted octanol–water partition coefficient (Wildman–Crippen LogP) is 3.19. The van der Waals surface area contributed by atoms with Crippen LogP contribution in [-0.4, -0.2) is 12.1 Å². The number of aromatic nitrogens is 1. The molecule has 14 heavy (non-hydrogen) atoms. The molecule has 1 aromatic rings. The van der Waals surface area contributed by atoms with Crippen LogP contribution < -0.4 is 0 Å². The third-order valence-corrected chi connectivity index (χ3v) is 4.13. The fraction of sp³-hybridized carbons (Fsp3) is 0.727. The Hall–Kier alpha value is -0.410. The standard InChI is InChI=1S/C11H17NOS/c1-9-4-3-5-11(8-9,13-2)10-12-6-7-14-10/h6-7,9H,3-5,8H2,1-2H3. The molecule has 0 spiro atoms. The van der Waals surface area contributed by atoms with Crippen LogP contribution >= 0.6 is 11.3 Å². The summed E-state index contributed by atoms with van der Waals surface area (Å²) in [4.78, 5) is 4.41. The second kappa shape index (κ2) is 3.99. The molecule has 78 valence electrons. The number of ether oxygens (including phenoxy) is 1. The van der Waals surface area contributed by atoms with E-state index in [4.69, 9.17) is 4.74 Å². The van der Waals surface area contributed by atoms with Crippen molar-refractivity contribution in [2.24, 2.45) is 5.92 Å². The largest absolute Gasteiger partial charge is 0.371 e. The molecule has 0 aliphatic heterocycles. The summed E-state index contributed by atoms with van der Waals surface area (Å²) in [5, 5.41) is 3.20. The van der Waals surface area contributed by atoms with E-state index in [0.717, 1.165) is 23.8 Å². The van der Waals surface area contributed by atoms with Crippen LogP contribution in [0.25, 0.3) is 0 Å². The average molecular weight is 211 g/mol. The van der Waals surface area contributed by atoms with Gasteiger partial charge in [-0.1, -0.05) is 13.3 Å². The topological polar surface area (TPSA) is 22.1 Å². The molecule has 1 aromatic heterocycles. The Bertz CT molecular complexity index is 285. The molecule has 0 amide bonds.